The summed E-state index contributed by atoms with van der Waals surface area (Å²) in [4.78, 5) is 16.7. The van der Waals surface area contributed by atoms with E-state index in [1.165, 1.54) is 0 Å². The SMILES string of the molecule is CC1CCN(c2cc(N)c([N+](=O)[O-])c(C#N)c2)CC1n1ccnc1. The number of nitrogen functional groups attached to an aromatic ring is 1. The molecule has 2 atom stereocenters. The number of piperidine rings is 1. The van der Waals surface area contributed by atoms with Gasteiger partial charge in [-0.15, -0.1) is 0 Å². The van der Waals surface area contributed by atoms with Crippen LogP contribution in [0.3, 0.4) is 0 Å². The van der Waals surface area contributed by atoms with Gasteiger partial charge in [0.05, 0.1) is 17.3 Å². The molecule has 2 N–H and O–H groups in total. The third-order valence-electron chi connectivity index (χ3n) is 4.62. The summed E-state index contributed by atoms with van der Waals surface area (Å²) in [5, 5.41) is 20.3. The van der Waals surface area contributed by atoms with E-state index in [1.807, 2.05) is 12.3 Å². The van der Waals surface area contributed by atoms with Crippen molar-refractivity contribution in [1.29, 1.82) is 5.26 Å². The Labute approximate surface area is 139 Å². The molecule has 0 saturated carbocycles. The van der Waals surface area contributed by atoms with E-state index in [1.54, 1.807) is 24.7 Å². The number of nitrogens with two attached hydrogens (primary N) is 1. The zero-order chi connectivity index (χ0) is 17.3. The van der Waals surface area contributed by atoms with E-state index in [-0.39, 0.29) is 23.0 Å². The molecule has 1 aliphatic heterocycles. The van der Waals surface area contributed by atoms with E-state index in [4.69, 9.17) is 5.73 Å². The van der Waals surface area contributed by atoms with E-state index in [0.717, 1.165) is 25.2 Å². The zero-order valence-corrected chi connectivity index (χ0v) is 13.3. The highest BCUT2D eigenvalue weighted by molar-refractivity contribution is 5.73. The first-order chi connectivity index (χ1) is 11.5. The van der Waals surface area contributed by atoms with Crippen LogP contribution in [-0.2, 0) is 0 Å². The van der Waals surface area contributed by atoms with E-state index in [2.05, 4.69) is 21.4 Å². The second-order valence-corrected chi connectivity index (χ2v) is 6.09. The molecule has 0 bridgehead atoms. The number of hydrogen-bond donors (Lipinski definition) is 1. The van der Waals surface area contributed by atoms with E-state index < -0.39 is 4.92 Å². The summed E-state index contributed by atoms with van der Waals surface area (Å²) in [5.74, 6) is 0.487. The third-order valence-corrected chi connectivity index (χ3v) is 4.62. The largest absolute Gasteiger partial charge is 0.393 e. The van der Waals surface area contributed by atoms with E-state index in [9.17, 15) is 15.4 Å². The molecule has 0 radical (unpaired) electrons. The first-order valence-electron chi connectivity index (χ1n) is 7.71. The molecule has 1 aromatic heterocycles. The first-order valence-corrected chi connectivity index (χ1v) is 7.71. The lowest BCUT2D eigenvalue weighted by Crippen LogP contribution is -2.40. The highest BCUT2D eigenvalue weighted by Crippen LogP contribution is 2.35. The second-order valence-electron chi connectivity index (χ2n) is 6.09. The molecule has 1 fully saturated rings. The van der Waals surface area contributed by atoms with Crippen LogP contribution in [0, 0.1) is 27.4 Å². The molecule has 1 aromatic carbocycles. The molecule has 8 nitrogen and oxygen atoms in total. The van der Waals surface area contributed by atoms with Gasteiger partial charge in [-0.1, -0.05) is 6.92 Å². The van der Waals surface area contributed by atoms with Gasteiger partial charge in [0.15, 0.2) is 0 Å². The summed E-state index contributed by atoms with van der Waals surface area (Å²) < 4.78 is 2.08. The highest BCUT2D eigenvalue weighted by atomic mass is 16.6. The Hall–Kier alpha value is -3.08. The Morgan fingerprint density at radius 1 is 1.50 bits per heavy atom. The van der Waals surface area contributed by atoms with Crippen molar-refractivity contribution in [2.45, 2.75) is 19.4 Å². The predicted molar refractivity (Wildman–Crippen MR) is 89.5 cm³/mol. The zero-order valence-electron chi connectivity index (χ0n) is 13.3. The number of nitriles is 1. The van der Waals surface area contributed by atoms with Crippen LogP contribution < -0.4 is 10.6 Å². The van der Waals surface area contributed by atoms with Crippen LogP contribution in [0.4, 0.5) is 17.1 Å². The molecule has 124 valence electrons. The molecular weight excluding hydrogens is 308 g/mol. The number of imidazole rings is 1. The molecule has 1 aliphatic rings. The van der Waals surface area contributed by atoms with Gasteiger partial charge in [-0.3, -0.25) is 10.1 Å². The number of rotatable bonds is 3. The van der Waals surface area contributed by atoms with Crippen LogP contribution in [0.1, 0.15) is 24.9 Å². The maximum absolute atomic E-state index is 11.1. The Bertz CT molecular complexity index is 796. The normalized spacial score (nSPS) is 20.6. The van der Waals surface area contributed by atoms with Crippen molar-refractivity contribution >= 4 is 17.1 Å². The monoisotopic (exact) mass is 326 g/mol. The molecule has 0 spiro atoms. The van der Waals surface area contributed by atoms with E-state index in [0.29, 0.717) is 5.92 Å². The van der Waals surface area contributed by atoms with Gasteiger partial charge in [-0.05, 0) is 24.5 Å². The summed E-state index contributed by atoms with van der Waals surface area (Å²) in [6, 6.07) is 5.27. The van der Waals surface area contributed by atoms with Gasteiger partial charge in [0.2, 0.25) is 0 Å². The molecule has 24 heavy (non-hydrogen) atoms. The minimum absolute atomic E-state index is 0.00666. The van der Waals surface area contributed by atoms with Crippen molar-refractivity contribution in [2.75, 3.05) is 23.7 Å². The summed E-state index contributed by atoms with van der Waals surface area (Å²) in [7, 11) is 0. The molecular formula is C16H18N6O2. The number of hydrogen-bond acceptors (Lipinski definition) is 6. The Kier molecular flexibility index (Phi) is 4.08. The molecule has 8 heteroatoms. The van der Waals surface area contributed by atoms with Gasteiger partial charge >= 0.3 is 5.69 Å². The Morgan fingerprint density at radius 2 is 2.29 bits per heavy atom. The third kappa shape index (κ3) is 2.76. The van der Waals surface area contributed by atoms with Gasteiger partial charge < -0.3 is 15.2 Å². The lowest BCUT2D eigenvalue weighted by Gasteiger charge is -2.39. The maximum Gasteiger partial charge on any atom is 0.309 e. The topological polar surface area (TPSA) is 114 Å². The fourth-order valence-corrected chi connectivity index (χ4v) is 3.25. The van der Waals surface area contributed by atoms with Gasteiger partial charge in [-0.25, -0.2) is 4.98 Å². The fraction of sp³-hybridized carbons (Fsp3) is 0.375. The number of nitro groups is 1. The summed E-state index contributed by atoms with van der Waals surface area (Å²) >= 11 is 0. The summed E-state index contributed by atoms with van der Waals surface area (Å²) in [6.07, 6.45) is 6.47. The number of anilines is 2. The average Bonchev–Trinajstić information content (AvgIpc) is 3.08. The van der Waals surface area contributed by atoms with Gasteiger partial charge in [0.25, 0.3) is 0 Å². The van der Waals surface area contributed by atoms with Gasteiger partial charge in [0.1, 0.15) is 17.3 Å². The van der Waals surface area contributed by atoms with Crippen molar-refractivity contribution in [3.8, 4) is 6.07 Å². The number of nitrogens with zero attached hydrogens (tertiary/aromatic N) is 5. The summed E-state index contributed by atoms with van der Waals surface area (Å²) in [6.45, 7) is 3.75. The van der Waals surface area contributed by atoms with Crippen LogP contribution in [-0.4, -0.2) is 27.6 Å². The van der Waals surface area contributed by atoms with Crippen LogP contribution >= 0.6 is 0 Å². The average molecular weight is 326 g/mol. The lowest BCUT2D eigenvalue weighted by molar-refractivity contribution is -0.384. The van der Waals surface area contributed by atoms with Crippen molar-refractivity contribution in [3.05, 3.63) is 46.5 Å². The van der Waals surface area contributed by atoms with Crippen LogP contribution in [0.15, 0.2) is 30.9 Å². The van der Waals surface area contributed by atoms with Crippen LogP contribution in [0.2, 0.25) is 0 Å². The minimum atomic E-state index is -0.607. The van der Waals surface area contributed by atoms with E-state index >= 15 is 0 Å². The fourth-order valence-electron chi connectivity index (χ4n) is 3.25. The Balaban J connectivity index is 1.93. The van der Waals surface area contributed by atoms with Gasteiger partial charge in [-0.2, -0.15) is 5.26 Å². The highest BCUT2D eigenvalue weighted by Gasteiger charge is 2.29. The van der Waals surface area contributed by atoms with Crippen molar-refractivity contribution in [3.63, 3.8) is 0 Å². The van der Waals surface area contributed by atoms with Crippen molar-refractivity contribution in [1.82, 2.24) is 9.55 Å². The minimum Gasteiger partial charge on any atom is -0.393 e. The molecule has 2 heterocycles. The smallest absolute Gasteiger partial charge is 0.309 e. The number of nitro benzene ring substituents is 1. The first kappa shape index (κ1) is 15.8. The molecule has 1 saturated heterocycles. The molecule has 0 aliphatic carbocycles. The van der Waals surface area contributed by atoms with Gasteiger partial charge in [0, 0.05) is 31.2 Å². The second kappa shape index (κ2) is 6.20. The number of benzene rings is 1. The van der Waals surface area contributed by atoms with Crippen LogP contribution in [0.5, 0.6) is 0 Å². The van der Waals surface area contributed by atoms with Crippen LogP contribution in [0.25, 0.3) is 0 Å². The van der Waals surface area contributed by atoms with Crippen molar-refractivity contribution < 1.29 is 4.92 Å². The quantitative estimate of drug-likeness (QED) is 0.526. The standard InChI is InChI=1S/C16H18N6O2/c1-11-2-4-20(9-15(11)21-5-3-19-10-21)13-6-12(8-17)16(22(23)24)14(18)7-13/h3,5-7,10-11,15H,2,4,9,18H2,1H3. The summed E-state index contributed by atoms with van der Waals surface area (Å²) in [5.41, 5.74) is 6.26. The molecule has 3 rings (SSSR count). The predicted octanol–water partition coefficient (Wildman–Crippen LogP) is 2.33. The molecule has 2 aromatic rings. The van der Waals surface area contributed by atoms with Crippen molar-refractivity contribution in [2.24, 2.45) is 5.92 Å². The molecule has 0 amide bonds. The maximum atomic E-state index is 11.1. The number of aromatic nitrogens is 2. The molecule has 2 unspecified atom stereocenters. The lowest BCUT2D eigenvalue weighted by atomic mass is 9.92. The Morgan fingerprint density at radius 3 is 2.92 bits per heavy atom.